The highest BCUT2D eigenvalue weighted by Crippen LogP contribution is 2.51. The number of aliphatic hydroxyl groups excluding tert-OH is 2. The van der Waals surface area contributed by atoms with Crippen molar-refractivity contribution in [2.75, 3.05) is 13.3 Å². The van der Waals surface area contributed by atoms with Crippen molar-refractivity contribution in [3.05, 3.63) is 23.3 Å². The Bertz CT molecular complexity index is 604. The fourth-order valence-corrected chi connectivity index (χ4v) is 4.84. The second kappa shape index (κ2) is 4.12. The van der Waals surface area contributed by atoms with E-state index in [4.69, 9.17) is 9.47 Å². The van der Waals surface area contributed by atoms with Gasteiger partial charge in [-0.05, 0) is 48.6 Å². The molecule has 5 rings (SSSR count). The first-order valence-corrected chi connectivity index (χ1v) is 7.75. The molecule has 4 aliphatic rings. The van der Waals surface area contributed by atoms with Crippen LogP contribution in [0.1, 0.15) is 29.9 Å². The van der Waals surface area contributed by atoms with Crippen molar-refractivity contribution in [1.82, 2.24) is 4.90 Å². The smallest absolute Gasteiger partial charge is 0.231 e. The van der Waals surface area contributed by atoms with Gasteiger partial charge < -0.3 is 19.7 Å². The molecular formula is C16H19NO4. The molecule has 5 atom stereocenters. The van der Waals surface area contributed by atoms with Gasteiger partial charge >= 0.3 is 0 Å². The van der Waals surface area contributed by atoms with Crippen molar-refractivity contribution in [3.8, 4) is 11.5 Å². The van der Waals surface area contributed by atoms with Gasteiger partial charge in [0, 0.05) is 18.5 Å². The average molecular weight is 289 g/mol. The van der Waals surface area contributed by atoms with Crippen LogP contribution in [0.2, 0.25) is 0 Å². The summed E-state index contributed by atoms with van der Waals surface area (Å²) in [5.74, 6) is 2.05. The molecule has 2 N–H and O–H groups in total. The Kier molecular flexibility index (Phi) is 2.41. The fraction of sp³-hybridized carbons (Fsp3) is 0.625. The Labute approximate surface area is 123 Å². The lowest BCUT2D eigenvalue weighted by molar-refractivity contribution is -0.0657. The number of ether oxygens (including phenoxy) is 2. The first kappa shape index (κ1) is 12.3. The summed E-state index contributed by atoms with van der Waals surface area (Å²) in [6.45, 7) is 2.23. The summed E-state index contributed by atoms with van der Waals surface area (Å²) >= 11 is 0. The molecule has 0 spiro atoms. The Morgan fingerprint density at radius 1 is 1.14 bits per heavy atom. The van der Waals surface area contributed by atoms with Crippen LogP contribution >= 0.6 is 0 Å². The van der Waals surface area contributed by atoms with Crippen LogP contribution in [0, 0.1) is 5.92 Å². The van der Waals surface area contributed by atoms with E-state index in [9.17, 15) is 10.2 Å². The minimum atomic E-state index is -0.689. The molecular weight excluding hydrogens is 270 g/mol. The van der Waals surface area contributed by atoms with Crippen LogP contribution in [0.4, 0.5) is 0 Å². The standard InChI is InChI=1S/C16H19NO4/c18-11-3-8-1-2-17-6-9-4-12-13(21-7-20-12)5-10(9)14(15(8)17)16(11)19/h4-5,8,11,14-16,18-19H,1-3,6-7H2/t8?,11-,14+,15+,16+/m1/s1. The summed E-state index contributed by atoms with van der Waals surface area (Å²) < 4.78 is 11.0. The van der Waals surface area contributed by atoms with E-state index < -0.39 is 12.2 Å². The van der Waals surface area contributed by atoms with E-state index in [0.29, 0.717) is 12.0 Å². The number of aliphatic hydroxyl groups is 2. The number of rotatable bonds is 0. The molecule has 3 aliphatic heterocycles. The number of fused-ring (bicyclic) bond motifs is 3. The van der Waals surface area contributed by atoms with Gasteiger partial charge in [0.15, 0.2) is 11.5 Å². The Morgan fingerprint density at radius 3 is 2.81 bits per heavy atom. The topological polar surface area (TPSA) is 62.2 Å². The lowest BCUT2D eigenvalue weighted by atomic mass is 9.68. The zero-order valence-corrected chi connectivity index (χ0v) is 11.7. The van der Waals surface area contributed by atoms with Gasteiger partial charge in [-0.25, -0.2) is 0 Å². The summed E-state index contributed by atoms with van der Waals surface area (Å²) in [6, 6.07) is 4.43. The first-order chi connectivity index (χ1) is 10.2. The third-order valence-electron chi connectivity index (χ3n) is 5.73. The van der Waals surface area contributed by atoms with Crippen molar-refractivity contribution in [1.29, 1.82) is 0 Å². The average Bonchev–Trinajstić information content (AvgIpc) is 3.08. The molecule has 1 saturated heterocycles. The lowest BCUT2D eigenvalue weighted by Crippen LogP contribution is -2.53. The van der Waals surface area contributed by atoms with Crippen LogP contribution in [-0.2, 0) is 6.54 Å². The van der Waals surface area contributed by atoms with Gasteiger partial charge in [0.1, 0.15) is 0 Å². The second-order valence-electron chi connectivity index (χ2n) is 6.73. The largest absolute Gasteiger partial charge is 0.454 e. The van der Waals surface area contributed by atoms with E-state index in [1.54, 1.807) is 0 Å². The minimum absolute atomic E-state index is 0.0144. The summed E-state index contributed by atoms with van der Waals surface area (Å²) in [5.41, 5.74) is 2.34. The van der Waals surface area contributed by atoms with Crippen molar-refractivity contribution >= 4 is 0 Å². The first-order valence-electron chi connectivity index (χ1n) is 7.75. The van der Waals surface area contributed by atoms with E-state index in [0.717, 1.165) is 43.0 Å². The zero-order valence-electron chi connectivity index (χ0n) is 11.7. The van der Waals surface area contributed by atoms with Gasteiger partial charge in [-0.2, -0.15) is 0 Å². The number of benzene rings is 1. The minimum Gasteiger partial charge on any atom is -0.454 e. The third kappa shape index (κ3) is 1.57. The molecule has 1 saturated carbocycles. The van der Waals surface area contributed by atoms with Crippen molar-refractivity contribution in [2.45, 2.75) is 43.6 Å². The zero-order chi connectivity index (χ0) is 14.1. The Morgan fingerprint density at radius 2 is 1.95 bits per heavy atom. The Balaban J connectivity index is 1.66. The maximum Gasteiger partial charge on any atom is 0.231 e. The Hall–Kier alpha value is -1.30. The van der Waals surface area contributed by atoms with E-state index in [-0.39, 0.29) is 12.7 Å². The summed E-state index contributed by atoms with van der Waals surface area (Å²) in [5, 5.41) is 20.8. The van der Waals surface area contributed by atoms with Gasteiger partial charge in [-0.15, -0.1) is 0 Å². The van der Waals surface area contributed by atoms with Gasteiger partial charge in [0.2, 0.25) is 6.79 Å². The van der Waals surface area contributed by atoms with E-state index in [1.807, 2.05) is 6.07 Å². The SMILES string of the molecule is O[C@@H]1[C@H]2c3cc4c(cc3CN3CCC(C[C@H]1O)[C@@H]23)OCO4. The molecule has 0 amide bonds. The molecule has 1 aromatic rings. The highest BCUT2D eigenvalue weighted by atomic mass is 16.7. The van der Waals surface area contributed by atoms with Gasteiger partial charge in [0.05, 0.1) is 12.2 Å². The molecule has 5 heteroatoms. The maximum absolute atomic E-state index is 10.6. The van der Waals surface area contributed by atoms with Crippen LogP contribution in [-0.4, -0.2) is 46.7 Å². The third-order valence-corrected chi connectivity index (χ3v) is 5.73. The summed E-state index contributed by atoms with van der Waals surface area (Å²) in [7, 11) is 0. The second-order valence-corrected chi connectivity index (χ2v) is 6.73. The van der Waals surface area contributed by atoms with Crippen LogP contribution in [0.15, 0.2) is 12.1 Å². The number of hydrogen-bond acceptors (Lipinski definition) is 5. The molecule has 1 aromatic carbocycles. The molecule has 3 heterocycles. The van der Waals surface area contributed by atoms with Crippen LogP contribution in [0.5, 0.6) is 11.5 Å². The van der Waals surface area contributed by atoms with Crippen LogP contribution in [0.3, 0.4) is 0 Å². The molecule has 5 nitrogen and oxygen atoms in total. The van der Waals surface area contributed by atoms with Gasteiger partial charge in [-0.3, -0.25) is 4.90 Å². The van der Waals surface area contributed by atoms with E-state index in [1.165, 1.54) is 5.56 Å². The lowest BCUT2D eigenvalue weighted by Gasteiger charge is -2.47. The number of hydrogen-bond donors (Lipinski definition) is 2. The molecule has 0 radical (unpaired) electrons. The molecule has 2 fully saturated rings. The van der Waals surface area contributed by atoms with Gasteiger partial charge in [-0.1, -0.05) is 0 Å². The monoisotopic (exact) mass is 289 g/mol. The normalized spacial score (nSPS) is 40.0. The molecule has 21 heavy (non-hydrogen) atoms. The molecule has 1 unspecified atom stereocenters. The summed E-state index contributed by atoms with van der Waals surface area (Å²) in [6.07, 6.45) is 0.531. The van der Waals surface area contributed by atoms with Crippen molar-refractivity contribution in [3.63, 3.8) is 0 Å². The van der Waals surface area contributed by atoms with Crippen LogP contribution < -0.4 is 9.47 Å². The molecule has 0 bridgehead atoms. The van der Waals surface area contributed by atoms with Crippen molar-refractivity contribution < 1.29 is 19.7 Å². The highest BCUT2D eigenvalue weighted by molar-refractivity contribution is 5.52. The predicted molar refractivity (Wildman–Crippen MR) is 74.2 cm³/mol. The highest BCUT2D eigenvalue weighted by Gasteiger charge is 2.52. The summed E-state index contributed by atoms with van der Waals surface area (Å²) in [4.78, 5) is 2.47. The fourth-order valence-electron chi connectivity index (χ4n) is 4.84. The molecule has 0 aromatic heterocycles. The van der Waals surface area contributed by atoms with Gasteiger partial charge in [0.25, 0.3) is 0 Å². The quantitative estimate of drug-likeness (QED) is 0.741. The van der Waals surface area contributed by atoms with E-state index in [2.05, 4.69) is 11.0 Å². The van der Waals surface area contributed by atoms with Crippen molar-refractivity contribution in [2.24, 2.45) is 5.92 Å². The molecule has 112 valence electrons. The maximum atomic E-state index is 10.6. The van der Waals surface area contributed by atoms with E-state index >= 15 is 0 Å². The van der Waals surface area contributed by atoms with Crippen LogP contribution in [0.25, 0.3) is 0 Å². The molecule has 1 aliphatic carbocycles. The number of nitrogens with zero attached hydrogens (tertiary/aromatic N) is 1. The predicted octanol–water partition coefficient (Wildman–Crippen LogP) is 0.828.